The minimum absolute atomic E-state index is 0.100. The molecule has 1 amide bonds. The van der Waals surface area contributed by atoms with Gasteiger partial charge in [-0.3, -0.25) is 9.89 Å². The van der Waals surface area contributed by atoms with Crippen LogP contribution in [0.15, 0.2) is 30.6 Å². The summed E-state index contributed by atoms with van der Waals surface area (Å²) < 4.78 is 0. The van der Waals surface area contributed by atoms with Gasteiger partial charge in [0.15, 0.2) is 5.82 Å². The number of H-pyrrole nitrogens is 1. The van der Waals surface area contributed by atoms with E-state index in [-0.39, 0.29) is 12.0 Å². The van der Waals surface area contributed by atoms with Gasteiger partial charge in [0.25, 0.3) is 5.91 Å². The molecule has 1 aromatic heterocycles. The van der Waals surface area contributed by atoms with Gasteiger partial charge in [-0.15, -0.1) is 0 Å². The summed E-state index contributed by atoms with van der Waals surface area (Å²) in [6.45, 7) is 0.590. The third kappa shape index (κ3) is 3.96. The fourth-order valence-corrected chi connectivity index (χ4v) is 3.15. The van der Waals surface area contributed by atoms with Crippen molar-refractivity contribution in [1.82, 2.24) is 20.5 Å². The monoisotopic (exact) mass is 314 g/mol. The Kier molecular flexibility index (Phi) is 5.02. The Morgan fingerprint density at radius 2 is 2.22 bits per heavy atom. The van der Waals surface area contributed by atoms with Crippen LogP contribution in [0.3, 0.4) is 0 Å². The van der Waals surface area contributed by atoms with Crippen LogP contribution in [-0.2, 0) is 0 Å². The molecule has 0 aliphatic heterocycles. The van der Waals surface area contributed by atoms with E-state index in [2.05, 4.69) is 20.5 Å². The molecule has 6 heteroatoms. The average molecular weight is 314 g/mol. The SMILES string of the molecule is O=C(NCC[C@H]1CCCC[C@H]1O)c1cccc(-c2ncn[nH]2)c1. The molecule has 1 aliphatic rings. The second kappa shape index (κ2) is 7.37. The molecule has 2 atom stereocenters. The molecule has 1 heterocycles. The Hall–Kier alpha value is -2.21. The number of carbonyl (C=O) groups is 1. The third-order valence-corrected chi connectivity index (χ3v) is 4.48. The number of aromatic nitrogens is 3. The van der Waals surface area contributed by atoms with Crippen LogP contribution in [0.5, 0.6) is 0 Å². The minimum Gasteiger partial charge on any atom is -0.393 e. The van der Waals surface area contributed by atoms with Gasteiger partial charge in [-0.1, -0.05) is 25.0 Å². The number of hydrogen-bond acceptors (Lipinski definition) is 4. The van der Waals surface area contributed by atoms with E-state index < -0.39 is 0 Å². The van der Waals surface area contributed by atoms with Gasteiger partial charge in [0.05, 0.1) is 6.10 Å². The van der Waals surface area contributed by atoms with Gasteiger partial charge in [0.1, 0.15) is 6.33 Å². The number of carbonyl (C=O) groups excluding carboxylic acids is 1. The molecule has 3 rings (SSSR count). The summed E-state index contributed by atoms with van der Waals surface area (Å²) in [6, 6.07) is 7.29. The van der Waals surface area contributed by atoms with E-state index in [1.54, 1.807) is 12.1 Å². The molecule has 1 fully saturated rings. The maximum Gasteiger partial charge on any atom is 0.251 e. The first-order chi connectivity index (χ1) is 11.2. The molecular weight excluding hydrogens is 292 g/mol. The average Bonchev–Trinajstić information content (AvgIpc) is 3.11. The largest absolute Gasteiger partial charge is 0.393 e. The Labute approximate surface area is 135 Å². The highest BCUT2D eigenvalue weighted by molar-refractivity contribution is 5.95. The molecule has 1 aromatic carbocycles. The fraction of sp³-hybridized carbons (Fsp3) is 0.471. The van der Waals surface area contributed by atoms with Crippen molar-refractivity contribution in [3.63, 3.8) is 0 Å². The molecule has 0 unspecified atom stereocenters. The number of benzene rings is 1. The van der Waals surface area contributed by atoms with Gasteiger partial charge in [0.2, 0.25) is 0 Å². The summed E-state index contributed by atoms with van der Waals surface area (Å²) in [5, 5.41) is 19.5. The second-order valence-electron chi connectivity index (χ2n) is 6.07. The summed E-state index contributed by atoms with van der Waals surface area (Å²) in [5.74, 6) is 0.853. The minimum atomic E-state index is -0.213. The van der Waals surface area contributed by atoms with Crippen molar-refractivity contribution in [3.05, 3.63) is 36.2 Å². The molecule has 0 radical (unpaired) electrons. The van der Waals surface area contributed by atoms with Gasteiger partial charge in [-0.25, -0.2) is 4.98 Å². The van der Waals surface area contributed by atoms with Crippen molar-refractivity contribution in [1.29, 1.82) is 0 Å². The van der Waals surface area contributed by atoms with E-state index in [0.29, 0.717) is 23.9 Å². The van der Waals surface area contributed by atoms with E-state index in [1.807, 2.05) is 12.1 Å². The van der Waals surface area contributed by atoms with E-state index in [9.17, 15) is 9.90 Å². The van der Waals surface area contributed by atoms with Gasteiger partial charge in [-0.05, 0) is 37.3 Å². The maximum absolute atomic E-state index is 12.3. The summed E-state index contributed by atoms with van der Waals surface area (Å²) >= 11 is 0. The first-order valence-corrected chi connectivity index (χ1v) is 8.16. The van der Waals surface area contributed by atoms with Crippen LogP contribution in [-0.4, -0.2) is 38.8 Å². The van der Waals surface area contributed by atoms with Crippen molar-refractivity contribution in [2.24, 2.45) is 5.92 Å². The molecule has 6 nitrogen and oxygen atoms in total. The number of aliphatic hydroxyl groups is 1. The zero-order valence-corrected chi connectivity index (χ0v) is 13.0. The number of aromatic amines is 1. The highest BCUT2D eigenvalue weighted by Gasteiger charge is 2.22. The molecule has 3 N–H and O–H groups in total. The van der Waals surface area contributed by atoms with Crippen LogP contribution in [0.4, 0.5) is 0 Å². The topological polar surface area (TPSA) is 90.9 Å². The Bertz CT molecular complexity index is 642. The summed E-state index contributed by atoms with van der Waals surface area (Å²) in [5.41, 5.74) is 1.43. The standard InChI is InChI=1S/C17H22N4O2/c22-15-7-2-1-4-12(15)8-9-18-17(23)14-6-3-5-13(10-14)16-19-11-20-21-16/h3,5-6,10-12,15,22H,1-2,4,7-9H2,(H,18,23)(H,19,20,21)/t12-,15-/m1/s1. The smallest absolute Gasteiger partial charge is 0.251 e. The zero-order valence-electron chi connectivity index (χ0n) is 13.0. The van der Waals surface area contributed by atoms with Crippen LogP contribution in [0, 0.1) is 5.92 Å². The lowest BCUT2D eigenvalue weighted by Gasteiger charge is -2.27. The van der Waals surface area contributed by atoms with Crippen LogP contribution in [0.2, 0.25) is 0 Å². The highest BCUT2D eigenvalue weighted by atomic mass is 16.3. The third-order valence-electron chi connectivity index (χ3n) is 4.48. The van der Waals surface area contributed by atoms with E-state index in [1.165, 1.54) is 12.7 Å². The zero-order chi connectivity index (χ0) is 16.1. The molecule has 122 valence electrons. The number of rotatable bonds is 5. The molecule has 0 saturated heterocycles. The van der Waals surface area contributed by atoms with Crippen molar-refractivity contribution in [3.8, 4) is 11.4 Å². The number of aliphatic hydroxyl groups excluding tert-OH is 1. The van der Waals surface area contributed by atoms with Crippen LogP contribution < -0.4 is 5.32 Å². The van der Waals surface area contributed by atoms with Crippen LogP contribution >= 0.6 is 0 Å². The number of nitrogens with one attached hydrogen (secondary N) is 2. The molecule has 1 aliphatic carbocycles. The predicted molar refractivity (Wildman–Crippen MR) is 86.7 cm³/mol. The van der Waals surface area contributed by atoms with E-state index in [0.717, 1.165) is 31.2 Å². The fourth-order valence-electron chi connectivity index (χ4n) is 3.15. The summed E-state index contributed by atoms with van der Waals surface area (Å²) in [7, 11) is 0. The van der Waals surface area contributed by atoms with Gasteiger partial charge in [-0.2, -0.15) is 5.10 Å². The molecular formula is C17H22N4O2. The molecule has 1 saturated carbocycles. The van der Waals surface area contributed by atoms with Crippen molar-refractivity contribution in [2.75, 3.05) is 6.54 Å². The molecule has 0 spiro atoms. The predicted octanol–water partition coefficient (Wildman–Crippen LogP) is 2.14. The van der Waals surface area contributed by atoms with Gasteiger partial charge >= 0.3 is 0 Å². The number of nitrogens with zero attached hydrogens (tertiary/aromatic N) is 2. The van der Waals surface area contributed by atoms with Gasteiger partial charge < -0.3 is 10.4 Å². The summed E-state index contributed by atoms with van der Waals surface area (Å²) in [4.78, 5) is 16.4. The highest BCUT2D eigenvalue weighted by Crippen LogP contribution is 2.26. The lowest BCUT2D eigenvalue weighted by Crippen LogP contribution is -2.31. The lowest BCUT2D eigenvalue weighted by atomic mass is 9.84. The lowest BCUT2D eigenvalue weighted by molar-refractivity contribution is 0.0643. The van der Waals surface area contributed by atoms with Crippen molar-refractivity contribution >= 4 is 5.91 Å². The van der Waals surface area contributed by atoms with Crippen LogP contribution in [0.25, 0.3) is 11.4 Å². The Morgan fingerprint density at radius 3 is 3.00 bits per heavy atom. The van der Waals surface area contributed by atoms with E-state index >= 15 is 0 Å². The summed E-state index contributed by atoms with van der Waals surface area (Å²) in [6.07, 6.45) is 6.28. The Balaban J connectivity index is 1.55. The Morgan fingerprint density at radius 1 is 1.35 bits per heavy atom. The molecule has 0 bridgehead atoms. The van der Waals surface area contributed by atoms with Gasteiger partial charge in [0, 0.05) is 17.7 Å². The van der Waals surface area contributed by atoms with Crippen molar-refractivity contribution in [2.45, 2.75) is 38.2 Å². The quantitative estimate of drug-likeness (QED) is 0.788. The first-order valence-electron chi connectivity index (χ1n) is 8.16. The van der Waals surface area contributed by atoms with E-state index in [4.69, 9.17) is 0 Å². The van der Waals surface area contributed by atoms with Crippen molar-refractivity contribution < 1.29 is 9.90 Å². The van der Waals surface area contributed by atoms with Crippen LogP contribution in [0.1, 0.15) is 42.5 Å². The number of hydrogen-bond donors (Lipinski definition) is 3. The molecule has 2 aromatic rings. The number of amides is 1. The second-order valence-corrected chi connectivity index (χ2v) is 6.07. The normalized spacial score (nSPS) is 21.1. The maximum atomic E-state index is 12.3. The first kappa shape index (κ1) is 15.7. The molecule has 23 heavy (non-hydrogen) atoms.